The molecule has 0 aliphatic carbocycles. The predicted molar refractivity (Wildman–Crippen MR) is 279 cm³/mol. The molecule has 11 aromatic rings. The van der Waals surface area contributed by atoms with Crippen molar-refractivity contribution >= 4 is 67.0 Å². The van der Waals surface area contributed by atoms with Crippen LogP contribution in [0.15, 0.2) is 250 Å². The van der Waals surface area contributed by atoms with Crippen molar-refractivity contribution in [1.82, 2.24) is 19.8 Å². The zero-order valence-corrected chi connectivity index (χ0v) is 36.8. The summed E-state index contributed by atoms with van der Waals surface area (Å²) in [7, 11) is 0. The molecule has 13 rings (SSSR count). The summed E-state index contributed by atoms with van der Waals surface area (Å²) in [6, 6.07) is 80.7. The fourth-order valence-electron chi connectivity index (χ4n) is 9.81. The van der Waals surface area contributed by atoms with E-state index in [9.17, 15) is 0 Å². The molecular weight excluding hydrogens is 833 g/mol. The number of aromatic nitrogens is 2. The minimum Gasteiger partial charge on any atom is -0.344 e. The van der Waals surface area contributed by atoms with E-state index in [1.807, 2.05) is 48.5 Å². The molecule has 2 aliphatic rings. The Labute approximate surface area is 392 Å². The maximum Gasteiger partial charge on any atom is 0.159 e. The lowest BCUT2D eigenvalue weighted by Gasteiger charge is -2.24. The number of para-hydroxylation sites is 2. The fraction of sp³-hybridized carbons (Fsp3) is 0.0333. The van der Waals surface area contributed by atoms with Gasteiger partial charge in [0.25, 0.3) is 0 Å². The Hall–Kier alpha value is -9.14. The first-order valence-electron chi connectivity index (χ1n) is 22.9. The second-order valence-electron chi connectivity index (χ2n) is 17.2. The van der Waals surface area contributed by atoms with E-state index < -0.39 is 0 Å². The highest BCUT2D eigenvalue weighted by Gasteiger charge is 2.25. The van der Waals surface area contributed by atoms with Crippen LogP contribution in [-0.2, 0) is 0 Å². The molecule has 0 amide bonds. The molecule has 8 heteroatoms. The monoisotopic (exact) mass is 874 g/mol. The average molecular weight is 875 g/mol. The van der Waals surface area contributed by atoms with E-state index in [1.165, 1.54) is 21.5 Å². The molecule has 0 saturated carbocycles. The Morgan fingerprint density at radius 1 is 0.309 bits per heavy atom. The predicted octanol–water partition coefficient (Wildman–Crippen LogP) is 12.9. The van der Waals surface area contributed by atoms with E-state index in [2.05, 4.69) is 202 Å². The Balaban J connectivity index is 0.968. The van der Waals surface area contributed by atoms with Gasteiger partial charge in [-0.1, -0.05) is 182 Å². The molecule has 2 N–H and O–H groups in total. The molecule has 4 heterocycles. The highest BCUT2D eigenvalue weighted by atomic mass is 15.2. The van der Waals surface area contributed by atoms with Crippen molar-refractivity contribution in [2.24, 2.45) is 20.0 Å². The summed E-state index contributed by atoms with van der Waals surface area (Å²) in [5, 5.41) is 12.0. The molecule has 8 nitrogen and oxygen atoms in total. The van der Waals surface area contributed by atoms with E-state index in [1.54, 1.807) is 0 Å². The molecule has 2 unspecified atom stereocenters. The molecule has 0 bridgehead atoms. The van der Waals surface area contributed by atoms with Crippen LogP contribution < -0.4 is 10.6 Å². The maximum absolute atomic E-state index is 5.22. The third-order valence-corrected chi connectivity index (χ3v) is 13.0. The van der Waals surface area contributed by atoms with Gasteiger partial charge < -0.3 is 19.8 Å². The van der Waals surface area contributed by atoms with E-state index in [0.717, 1.165) is 78.5 Å². The summed E-state index contributed by atoms with van der Waals surface area (Å²) < 4.78 is 4.78. The first-order valence-corrected chi connectivity index (χ1v) is 22.9. The molecule has 2 atom stereocenters. The zero-order valence-electron chi connectivity index (χ0n) is 36.8. The summed E-state index contributed by atoms with van der Waals surface area (Å²) in [5.41, 5.74) is 12.5. The Kier molecular flexibility index (Phi) is 9.45. The highest BCUT2D eigenvalue weighted by molar-refractivity contribution is 6.20. The zero-order chi connectivity index (χ0) is 45.0. The van der Waals surface area contributed by atoms with E-state index in [0.29, 0.717) is 11.7 Å². The number of benzene rings is 9. The van der Waals surface area contributed by atoms with Crippen LogP contribution in [0.25, 0.3) is 55.0 Å². The topological polar surface area (TPSA) is 83.4 Å². The van der Waals surface area contributed by atoms with Crippen LogP contribution in [0.4, 0.5) is 0 Å². The van der Waals surface area contributed by atoms with Crippen molar-refractivity contribution in [3.63, 3.8) is 0 Å². The van der Waals surface area contributed by atoms with Crippen molar-refractivity contribution in [3.05, 3.63) is 264 Å². The van der Waals surface area contributed by atoms with Gasteiger partial charge in [-0.25, -0.2) is 20.0 Å². The number of nitrogens with one attached hydrogen (secondary N) is 2. The van der Waals surface area contributed by atoms with Crippen LogP contribution in [0.3, 0.4) is 0 Å². The van der Waals surface area contributed by atoms with Crippen molar-refractivity contribution in [2.75, 3.05) is 0 Å². The highest BCUT2D eigenvalue weighted by Crippen LogP contribution is 2.40. The maximum atomic E-state index is 5.22. The molecule has 2 aromatic heterocycles. The van der Waals surface area contributed by atoms with Gasteiger partial charge >= 0.3 is 0 Å². The largest absolute Gasteiger partial charge is 0.344 e. The first kappa shape index (κ1) is 39.2. The quantitative estimate of drug-likeness (QED) is 0.159. The molecule has 0 spiro atoms. The second-order valence-corrected chi connectivity index (χ2v) is 17.2. The Morgan fingerprint density at radius 3 is 1.26 bits per heavy atom. The molecule has 68 heavy (non-hydrogen) atoms. The Bertz CT molecular complexity index is 3850. The normalized spacial score (nSPS) is 15.9. The van der Waals surface area contributed by atoms with Gasteiger partial charge in [0.1, 0.15) is 24.0 Å². The van der Waals surface area contributed by atoms with Crippen LogP contribution in [0.2, 0.25) is 0 Å². The number of aliphatic imine (C=N–C) groups is 4. The van der Waals surface area contributed by atoms with Crippen molar-refractivity contribution in [2.45, 2.75) is 12.3 Å². The lowest BCUT2D eigenvalue weighted by molar-refractivity contribution is 0.674. The number of hydrogen-bond donors (Lipinski definition) is 2. The van der Waals surface area contributed by atoms with Crippen molar-refractivity contribution < 1.29 is 0 Å². The average Bonchev–Trinajstić information content (AvgIpc) is 3.93. The van der Waals surface area contributed by atoms with Gasteiger partial charge in [-0.15, -0.1) is 0 Å². The van der Waals surface area contributed by atoms with Crippen molar-refractivity contribution in [3.8, 4) is 11.4 Å². The van der Waals surface area contributed by atoms with Crippen LogP contribution in [0.5, 0.6) is 0 Å². The summed E-state index contributed by atoms with van der Waals surface area (Å²) in [6.07, 6.45) is -0.593. The molecule has 9 aromatic carbocycles. The fourth-order valence-corrected chi connectivity index (χ4v) is 9.81. The van der Waals surface area contributed by atoms with E-state index in [-0.39, 0.29) is 12.3 Å². The molecule has 0 radical (unpaired) electrons. The minimum absolute atomic E-state index is 0.296. The number of fused-ring (bicyclic) bond motifs is 6. The van der Waals surface area contributed by atoms with Gasteiger partial charge in [0.05, 0.1) is 22.1 Å². The Morgan fingerprint density at radius 2 is 0.721 bits per heavy atom. The summed E-state index contributed by atoms with van der Waals surface area (Å²) in [4.78, 5) is 20.6. The molecule has 322 valence electrons. The van der Waals surface area contributed by atoms with Gasteiger partial charge in [-0.3, -0.25) is 0 Å². The number of amidine groups is 4. The smallest absolute Gasteiger partial charge is 0.159 e. The number of nitrogens with zero attached hydrogens (tertiary/aromatic N) is 6. The van der Waals surface area contributed by atoms with E-state index >= 15 is 0 Å². The van der Waals surface area contributed by atoms with Crippen LogP contribution >= 0.6 is 0 Å². The molecule has 2 aliphatic heterocycles. The molecule has 0 fully saturated rings. The van der Waals surface area contributed by atoms with Gasteiger partial charge in [-0.05, 0) is 59.7 Å². The van der Waals surface area contributed by atoms with Crippen LogP contribution in [-0.4, -0.2) is 32.5 Å². The minimum atomic E-state index is -0.297. The van der Waals surface area contributed by atoms with Gasteiger partial charge in [0.2, 0.25) is 0 Å². The third-order valence-electron chi connectivity index (χ3n) is 13.0. The standard InChI is InChI=1S/C60H42N8/c1-5-19-39(20-6-1)55-61-56(40-21-7-2-8-22-40)64-59(63-55)43-27-17-29-45(35-43)67-51-33-15-13-31-47(51)49-37-50-48-32-14-16-34-52(48)68(54(50)38-53(49)67)46-30-18-28-44(36-46)60-65-57(41-23-9-3-10-24-41)62-58(66-60)42-25-11-4-12-26-42/h1-38,55,57H,(H,61,63,64)(H,62,65,66). The summed E-state index contributed by atoms with van der Waals surface area (Å²) in [6.45, 7) is 0. The van der Waals surface area contributed by atoms with Gasteiger partial charge in [0.15, 0.2) is 11.7 Å². The second kappa shape index (κ2) is 16.4. The lowest BCUT2D eigenvalue weighted by atomic mass is 10.1. The first-order chi connectivity index (χ1) is 33.7. The van der Waals surface area contributed by atoms with E-state index in [4.69, 9.17) is 20.0 Å². The molecule has 0 saturated heterocycles. The van der Waals surface area contributed by atoms with Gasteiger partial charge in [0, 0.05) is 55.2 Å². The summed E-state index contributed by atoms with van der Waals surface area (Å²) in [5.74, 6) is 2.93. The lowest BCUT2D eigenvalue weighted by Crippen LogP contribution is -2.33. The SMILES string of the molecule is c1ccc(C2=NC(c3ccccc3)NC(c3cccc(-n4c5ccccc5c5cc6c7ccccc7n(-c7cccc(C8=NC(c9ccccc9)NC(c9ccccc9)=N8)c7)c6cc54)c3)=N2)cc1. The number of rotatable bonds is 8. The van der Waals surface area contributed by atoms with Gasteiger partial charge in [-0.2, -0.15) is 0 Å². The van der Waals surface area contributed by atoms with Crippen molar-refractivity contribution in [1.29, 1.82) is 0 Å². The summed E-state index contributed by atoms with van der Waals surface area (Å²) >= 11 is 0. The van der Waals surface area contributed by atoms with Crippen LogP contribution in [0, 0.1) is 0 Å². The van der Waals surface area contributed by atoms with Crippen LogP contribution in [0.1, 0.15) is 45.7 Å². The number of hydrogen-bond acceptors (Lipinski definition) is 6. The third kappa shape index (κ3) is 6.86. The molecular formula is C60H42N8.